The fraction of sp³-hybridized carbons (Fsp3) is 0.909. The van der Waals surface area contributed by atoms with E-state index in [1.54, 1.807) is 6.92 Å². The van der Waals surface area contributed by atoms with E-state index < -0.39 is 25.0 Å². The highest BCUT2D eigenvalue weighted by Gasteiger charge is 2.28. The molecule has 0 radical (unpaired) electrons. The molecule has 8 heteroatoms. The fourth-order valence-corrected chi connectivity index (χ4v) is 3.34. The van der Waals surface area contributed by atoms with Gasteiger partial charge in [-0.1, -0.05) is 11.5 Å². The molecule has 0 spiro atoms. The molecule has 0 aliphatic heterocycles. The molecule has 0 aromatic carbocycles. The molecule has 4 atom stereocenters. The second-order valence-electron chi connectivity index (χ2n) is 4.29. The molecule has 0 saturated heterocycles. The van der Waals surface area contributed by atoms with Crippen molar-refractivity contribution in [2.75, 3.05) is 12.8 Å². The van der Waals surface area contributed by atoms with Crippen molar-refractivity contribution in [3.63, 3.8) is 0 Å². The van der Waals surface area contributed by atoms with Gasteiger partial charge in [-0.15, -0.1) is 0 Å². The predicted octanol–water partition coefficient (Wildman–Crippen LogP) is 2.68. The van der Waals surface area contributed by atoms with Crippen molar-refractivity contribution >= 4 is 25.1 Å². The highest BCUT2D eigenvalue weighted by atomic mass is 32.2. The summed E-state index contributed by atoms with van der Waals surface area (Å²) in [7, 11) is -1.68. The first kappa shape index (κ1) is 18.6. The SMILES string of the molecule is CCOC(=O)CCC(C)CC[P+](=O)C(C)OS(=O)O. The van der Waals surface area contributed by atoms with E-state index in [4.69, 9.17) is 9.29 Å². The van der Waals surface area contributed by atoms with E-state index in [0.717, 1.165) is 0 Å². The molecule has 0 fully saturated rings. The fourth-order valence-electron chi connectivity index (χ4n) is 1.44. The molecule has 0 rings (SSSR count). The van der Waals surface area contributed by atoms with Gasteiger partial charge in [0.05, 0.1) is 6.61 Å². The van der Waals surface area contributed by atoms with E-state index in [1.807, 2.05) is 6.92 Å². The molecule has 4 unspecified atom stereocenters. The molecule has 0 heterocycles. The Labute approximate surface area is 117 Å². The van der Waals surface area contributed by atoms with Gasteiger partial charge in [0.1, 0.15) is 6.16 Å². The van der Waals surface area contributed by atoms with Crippen molar-refractivity contribution < 1.29 is 27.0 Å². The van der Waals surface area contributed by atoms with Gasteiger partial charge in [-0.25, -0.2) is 4.18 Å². The molecule has 0 amide bonds. The molecule has 0 aromatic rings. The number of carbonyl (C=O) groups excluding carboxylic acids is 1. The van der Waals surface area contributed by atoms with Crippen LogP contribution in [0.2, 0.25) is 0 Å². The lowest BCUT2D eigenvalue weighted by atomic mass is 10.0. The molecular weight excluding hydrogens is 291 g/mol. The lowest BCUT2D eigenvalue weighted by Crippen LogP contribution is -2.09. The summed E-state index contributed by atoms with van der Waals surface area (Å²) in [6.07, 6.45) is 2.14. The van der Waals surface area contributed by atoms with Crippen LogP contribution in [-0.2, 0) is 29.6 Å². The van der Waals surface area contributed by atoms with Crippen molar-refractivity contribution in [3.05, 3.63) is 0 Å². The standard InChI is InChI=1S/C11H21O6PS/c1-4-16-11(12)6-5-9(2)7-8-18(13)10(3)17-19(14)15/h9-10H,4-8H2,1-3H3/p+1. The average Bonchev–Trinajstić information content (AvgIpc) is 2.32. The largest absolute Gasteiger partial charge is 0.466 e. The van der Waals surface area contributed by atoms with E-state index in [-0.39, 0.29) is 11.9 Å². The summed E-state index contributed by atoms with van der Waals surface area (Å²) >= 11 is -2.39. The van der Waals surface area contributed by atoms with Crippen molar-refractivity contribution in [3.8, 4) is 0 Å². The Morgan fingerprint density at radius 3 is 2.53 bits per heavy atom. The zero-order valence-electron chi connectivity index (χ0n) is 11.5. The Morgan fingerprint density at radius 1 is 1.37 bits per heavy atom. The smallest absolute Gasteiger partial charge is 0.371 e. The van der Waals surface area contributed by atoms with E-state index in [9.17, 15) is 13.6 Å². The maximum Gasteiger partial charge on any atom is 0.371 e. The third-order valence-corrected chi connectivity index (χ3v) is 4.83. The van der Waals surface area contributed by atoms with Crippen LogP contribution in [-0.4, -0.2) is 33.3 Å². The van der Waals surface area contributed by atoms with Crippen LogP contribution in [0.15, 0.2) is 0 Å². The Kier molecular flexibility index (Phi) is 10.2. The zero-order chi connectivity index (χ0) is 14.8. The highest BCUT2D eigenvalue weighted by Crippen LogP contribution is 2.31. The molecular formula is C11H22O6PS+. The maximum absolute atomic E-state index is 11.7. The molecule has 0 bridgehead atoms. The van der Waals surface area contributed by atoms with Gasteiger partial charge >= 0.3 is 25.1 Å². The Bertz CT molecular complexity index is 322. The number of hydrogen-bond donors (Lipinski definition) is 1. The lowest BCUT2D eigenvalue weighted by molar-refractivity contribution is -0.143. The number of hydrogen-bond acceptors (Lipinski definition) is 5. The molecule has 0 aromatic heterocycles. The second-order valence-corrected chi connectivity index (χ2v) is 6.93. The first-order valence-electron chi connectivity index (χ1n) is 6.24. The Morgan fingerprint density at radius 2 is 2.00 bits per heavy atom. The van der Waals surface area contributed by atoms with Crippen molar-refractivity contribution in [1.82, 2.24) is 0 Å². The summed E-state index contributed by atoms with van der Waals surface area (Å²) in [5.74, 6) is -0.709. The topological polar surface area (TPSA) is 89.9 Å². The van der Waals surface area contributed by atoms with Gasteiger partial charge in [-0.2, -0.15) is 4.21 Å². The molecule has 6 nitrogen and oxygen atoms in total. The van der Waals surface area contributed by atoms with Gasteiger partial charge in [-0.3, -0.25) is 9.35 Å². The quantitative estimate of drug-likeness (QED) is 0.379. The van der Waals surface area contributed by atoms with Gasteiger partial charge in [0.25, 0.3) is 5.85 Å². The minimum absolute atomic E-state index is 0.217. The van der Waals surface area contributed by atoms with Crippen LogP contribution in [0.4, 0.5) is 0 Å². The van der Waals surface area contributed by atoms with Crippen LogP contribution in [0.1, 0.15) is 40.0 Å². The maximum atomic E-state index is 11.7. The Balaban J connectivity index is 3.83. The summed E-state index contributed by atoms with van der Waals surface area (Å²) in [6, 6.07) is 0. The van der Waals surface area contributed by atoms with E-state index in [0.29, 0.717) is 32.0 Å². The third kappa shape index (κ3) is 10.1. The second kappa shape index (κ2) is 10.4. The zero-order valence-corrected chi connectivity index (χ0v) is 13.2. The van der Waals surface area contributed by atoms with Crippen molar-refractivity contribution in [1.29, 1.82) is 0 Å². The summed E-state index contributed by atoms with van der Waals surface area (Å²) in [6.45, 7) is 5.62. The summed E-state index contributed by atoms with van der Waals surface area (Å²) in [5, 5.41) is 0. The van der Waals surface area contributed by atoms with Crippen molar-refractivity contribution in [2.45, 2.75) is 45.9 Å². The van der Waals surface area contributed by atoms with Crippen LogP contribution in [0.25, 0.3) is 0 Å². The van der Waals surface area contributed by atoms with Gasteiger partial charge in [0, 0.05) is 13.3 Å². The summed E-state index contributed by atoms with van der Waals surface area (Å²) in [4.78, 5) is 11.2. The lowest BCUT2D eigenvalue weighted by Gasteiger charge is -2.08. The van der Waals surface area contributed by atoms with Crippen LogP contribution in [0.3, 0.4) is 0 Å². The number of rotatable bonds is 10. The van der Waals surface area contributed by atoms with Crippen LogP contribution in [0, 0.1) is 5.92 Å². The average molecular weight is 313 g/mol. The summed E-state index contributed by atoms with van der Waals surface area (Å²) < 4.78 is 40.0. The monoisotopic (exact) mass is 313 g/mol. The third-order valence-electron chi connectivity index (χ3n) is 2.62. The molecule has 0 aliphatic rings. The minimum Gasteiger partial charge on any atom is -0.466 e. The van der Waals surface area contributed by atoms with E-state index in [2.05, 4.69) is 4.18 Å². The van der Waals surface area contributed by atoms with Gasteiger partial charge in [0.2, 0.25) is 0 Å². The number of esters is 1. The molecule has 0 aliphatic carbocycles. The van der Waals surface area contributed by atoms with Gasteiger partial charge in [-0.05, 0) is 25.7 Å². The van der Waals surface area contributed by atoms with Crippen LogP contribution < -0.4 is 0 Å². The number of carbonyl (C=O) groups is 1. The predicted molar refractivity (Wildman–Crippen MR) is 73.4 cm³/mol. The van der Waals surface area contributed by atoms with Gasteiger partial charge in [0.15, 0.2) is 0 Å². The first-order chi connectivity index (χ1) is 8.86. The van der Waals surface area contributed by atoms with E-state index >= 15 is 0 Å². The van der Waals surface area contributed by atoms with E-state index in [1.165, 1.54) is 6.92 Å². The first-order valence-corrected chi connectivity index (χ1v) is 8.78. The van der Waals surface area contributed by atoms with Crippen molar-refractivity contribution in [2.24, 2.45) is 5.92 Å². The Hall–Kier alpha value is -0.360. The molecule has 1 N–H and O–H groups in total. The van der Waals surface area contributed by atoms with Gasteiger partial charge < -0.3 is 4.74 Å². The minimum atomic E-state index is -2.39. The highest BCUT2D eigenvalue weighted by molar-refractivity contribution is 7.74. The van der Waals surface area contributed by atoms with Crippen LogP contribution >= 0.6 is 7.80 Å². The number of ether oxygens (including phenoxy) is 1. The molecule has 0 saturated carbocycles. The molecule has 19 heavy (non-hydrogen) atoms. The molecule has 112 valence electrons. The summed E-state index contributed by atoms with van der Waals surface area (Å²) in [5.41, 5.74) is 0. The van der Waals surface area contributed by atoms with Crippen LogP contribution in [0.5, 0.6) is 0 Å². The normalized spacial score (nSPS) is 16.5.